The molecular weight excluding hydrogens is 292 g/mol. The predicted octanol–water partition coefficient (Wildman–Crippen LogP) is 3.05. The van der Waals surface area contributed by atoms with Crippen LogP contribution in [0.5, 0.6) is 11.5 Å². The summed E-state index contributed by atoms with van der Waals surface area (Å²) in [4.78, 5) is 12.0. The lowest BCUT2D eigenvalue weighted by atomic mass is 10.1. The van der Waals surface area contributed by atoms with E-state index in [0.29, 0.717) is 17.1 Å². The lowest BCUT2D eigenvalue weighted by Crippen LogP contribution is -2.17. The number of nitrogens with zero attached hydrogens (tertiary/aromatic N) is 1. The fourth-order valence-corrected chi connectivity index (χ4v) is 2.09. The van der Waals surface area contributed by atoms with E-state index in [9.17, 15) is 4.79 Å². The first-order valence-corrected chi connectivity index (χ1v) is 7.32. The maximum atomic E-state index is 12.0. The number of rotatable bonds is 7. The van der Waals surface area contributed by atoms with Crippen molar-refractivity contribution in [1.29, 1.82) is 0 Å². The highest BCUT2D eigenvalue weighted by Crippen LogP contribution is 2.27. The molecule has 0 unspecified atom stereocenters. The van der Waals surface area contributed by atoms with Crippen molar-refractivity contribution in [3.8, 4) is 11.5 Å². The van der Waals surface area contributed by atoms with Crippen LogP contribution in [0.25, 0.3) is 0 Å². The van der Waals surface area contributed by atoms with Gasteiger partial charge in [-0.05, 0) is 36.6 Å². The molecule has 0 bridgehead atoms. The normalized spacial score (nSPS) is 10.5. The molecule has 1 amide bonds. The number of nitrogens with one attached hydrogen (secondary N) is 1. The number of hydrogen-bond donors (Lipinski definition) is 1. The third kappa shape index (κ3) is 4.85. The first-order chi connectivity index (χ1) is 11.2. The summed E-state index contributed by atoms with van der Waals surface area (Å²) in [6, 6.07) is 15.1. The molecule has 0 aliphatic carbocycles. The van der Waals surface area contributed by atoms with E-state index in [0.717, 1.165) is 12.8 Å². The van der Waals surface area contributed by atoms with E-state index >= 15 is 0 Å². The molecule has 0 atom stereocenters. The second-order valence-corrected chi connectivity index (χ2v) is 4.85. The van der Waals surface area contributed by atoms with Gasteiger partial charge in [-0.1, -0.05) is 30.3 Å². The minimum atomic E-state index is -0.290. The highest BCUT2D eigenvalue weighted by atomic mass is 16.5. The number of hydrazone groups is 1. The van der Waals surface area contributed by atoms with Gasteiger partial charge in [-0.2, -0.15) is 5.10 Å². The fraction of sp³-hybridized carbons (Fsp3) is 0.222. The van der Waals surface area contributed by atoms with Crippen molar-refractivity contribution in [3.63, 3.8) is 0 Å². The van der Waals surface area contributed by atoms with Gasteiger partial charge in [-0.25, -0.2) is 5.43 Å². The largest absolute Gasteiger partial charge is 0.493 e. The van der Waals surface area contributed by atoms with Gasteiger partial charge in [0.15, 0.2) is 11.5 Å². The molecule has 0 saturated heterocycles. The SMILES string of the molecule is COc1ccc(C(=O)N/N=C/CCc2ccccc2)cc1OC. The Morgan fingerprint density at radius 1 is 1.09 bits per heavy atom. The molecule has 0 saturated carbocycles. The highest BCUT2D eigenvalue weighted by Gasteiger charge is 2.09. The van der Waals surface area contributed by atoms with Gasteiger partial charge in [0.25, 0.3) is 5.91 Å². The Kier molecular flexibility index (Phi) is 6.17. The molecule has 0 fully saturated rings. The topological polar surface area (TPSA) is 59.9 Å². The van der Waals surface area contributed by atoms with E-state index in [4.69, 9.17) is 9.47 Å². The summed E-state index contributed by atoms with van der Waals surface area (Å²) >= 11 is 0. The van der Waals surface area contributed by atoms with Gasteiger partial charge < -0.3 is 9.47 Å². The van der Waals surface area contributed by atoms with Crippen LogP contribution in [0.2, 0.25) is 0 Å². The maximum absolute atomic E-state index is 12.0. The number of hydrogen-bond acceptors (Lipinski definition) is 4. The summed E-state index contributed by atoms with van der Waals surface area (Å²) in [6.07, 6.45) is 3.35. The summed E-state index contributed by atoms with van der Waals surface area (Å²) in [5.74, 6) is 0.797. The van der Waals surface area contributed by atoms with Gasteiger partial charge in [-0.3, -0.25) is 4.79 Å². The number of benzene rings is 2. The molecule has 0 aromatic heterocycles. The second-order valence-electron chi connectivity index (χ2n) is 4.85. The number of carbonyl (C=O) groups excluding carboxylic acids is 1. The van der Waals surface area contributed by atoms with Crippen molar-refractivity contribution >= 4 is 12.1 Å². The van der Waals surface area contributed by atoms with Crippen LogP contribution in [0.1, 0.15) is 22.3 Å². The summed E-state index contributed by atoms with van der Waals surface area (Å²) < 4.78 is 10.3. The minimum absolute atomic E-state index is 0.290. The molecule has 0 aliphatic heterocycles. The van der Waals surface area contributed by atoms with E-state index in [1.165, 1.54) is 12.7 Å². The molecule has 0 aliphatic rings. The van der Waals surface area contributed by atoms with Crippen LogP contribution >= 0.6 is 0 Å². The van der Waals surface area contributed by atoms with Gasteiger partial charge in [0.1, 0.15) is 0 Å². The van der Waals surface area contributed by atoms with Gasteiger partial charge in [-0.15, -0.1) is 0 Å². The van der Waals surface area contributed by atoms with Gasteiger partial charge in [0, 0.05) is 11.8 Å². The Hall–Kier alpha value is -2.82. The average molecular weight is 312 g/mol. The zero-order valence-electron chi connectivity index (χ0n) is 13.3. The zero-order valence-corrected chi connectivity index (χ0v) is 13.3. The summed E-state index contributed by atoms with van der Waals surface area (Å²) in [7, 11) is 3.08. The van der Waals surface area contributed by atoms with Gasteiger partial charge in [0.05, 0.1) is 14.2 Å². The standard InChI is InChI=1S/C18H20N2O3/c1-22-16-11-10-15(13-17(16)23-2)18(21)20-19-12-6-9-14-7-4-3-5-8-14/h3-5,7-8,10-13H,6,9H2,1-2H3,(H,20,21)/b19-12+. The molecule has 23 heavy (non-hydrogen) atoms. The Morgan fingerprint density at radius 2 is 1.83 bits per heavy atom. The fourth-order valence-electron chi connectivity index (χ4n) is 2.09. The quantitative estimate of drug-likeness (QED) is 0.631. The molecule has 2 aromatic carbocycles. The lowest BCUT2D eigenvalue weighted by molar-refractivity contribution is 0.0954. The predicted molar refractivity (Wildman–Crippen MR) is 90.3 cm³/mol. The van der Waals surface area contributed by atoms with Gasteiger partial charge >= 0.3 is 0 Å². The van der Waals surface area contributed by atoms with E-state index in [1.807, 2.05) is 18.2 Å². The van der Waals surface area contributed by atoms with E-state index in [1.54, 1.807) is 31.5 Å². The molecular formula is C18H20N2O3. The maximum Gasteiger partial charge on any atom is 0.271 e. The van der Waals surface area contributed by atoms with Crippen LogP contribution in [0.15, 0.2) is 53.6 Å². The van der Waals surface area contributed by atoms with E-state index < -0.39 is 0 Å². The molecule has 0 spiro atoms. The molecule has 0 radical (unpaired) electrons. The number of ether oxygens (including phenoxy) is 2. The second kappa shape index (κ2) is 8.58. The monoisotopic (exact) mass is 312 g/mol. The minimum Gasteiger partial charge on any atom is -0.493 e. The Bertz CT molecular complexity index is 669. The van der Waals surface area contributed by atoms with Crippen molar-refractivity contribution in [1.82, 2.24) is 5.43 Å². The molecule has 0 heterocycles. The first-order valence-electron chi connectivity index (χ1n) is 7.32. The molecule has 5 nitrogen and oxygen atoms in total. The van der Waals surface area contributed by atoms with Crippen molar-refractivity contribution in [2.24, 2.45) is 5.10 Å². The number of methoxy groups -OCH3 is 2. The van der Waals surface area contributed by atoms with Crippen molar-refractivity contribution < 1.29 is 14.3 Å². The molecule has 120 valence electrons. The smallest absolute Gasteiger partial charge is 0.271 e. The highest BCUT2D eigenvalue weighted by molar-refractivity contribution is 5.95. The number of carbonyl (C=O) groups is 1. The Labute approximate surface area is 135 Å². The van der Waals surface area contributed by atoms with E-state index in [2.05, 4.69) is 22.7 Å². The Morgan fingerprint density at radius 3 is 2.52 bits per heavy atom. The number of aryl methyl sites for hydroxylation is 1. The summed E-state index contributed by atoms with van der Waals surface area (Å²) in [6.45, 7) is 0. The van der Waals surface area contributed by atoms with Crippen LogP contribution < -0.4 is 14.9 Å². The lowest BCUT2D eigenvalue weighted by Gasteiger charge is -2.08. The van der Waals surface area contributed by atoms with Gasteiger partial charge in [0.2, 0.25) is 0 Å². The van der Waals surface area contributed by atoms with Crippen LogP contribution in [0.3, 0.4) is 0 Å². The van der Waals surface area contributed by atoms with Crippen LogP contribution in [-0.4, -0.2) is 26.3 Å². The van der Waals surface area contributed by atoms with Crippen molar-refractivity contribution in [2.45, 2.75) is 12.8 Å². The molecule has 1 N–H and O–H groups in total. The first kappa shape index (κ1) is 16.5. The third-order valence-corrected chi connectivity index (χ3v) is 3.31. The Balaban J connectivity index is 1.85. The van der Waals surface area contributed by atoms with E-state index in [-0.39, 0.29) is 5.91 Å². The average Bonchev–Trinajstić information content (AvgIpc) is 2.61. The summed E-state index contributed by atoms with van der Waals surface area (Å²) in [5, 5.41) is 3.96. The van der Waals surface area contributed by atoms with Crippen LogP contribution in [0, 0.1) is 0 Å². The summed E-state index contributed by atoms with van der Waals surface area (Å²) in [5.41, 5.74) is 4.21. The van der Waals surface area contributed by atoms with Crippen LogP contribution in [-0.2, 0) is 6.42 Å². The molecule has 2 rings (SSSR count). The van der Waals surface area contributed by atoms with Crippen LogP contribution in [0.4, 0.5) is 0 Å². The van der Waals surface area contributed by atoms with Crippen molar-refractivity contribution in [2.75, 3.05) is 14.2 Å². The molecule has 2 aromatic rings. The molecule has 5 heteroatoms. The van der Waals surface area contributed by atoms with Crippen molar-refractivity contribution in [3.05, 3.63) is 59.7 Å². The third-order valence-electron chi connectivity index (χ3n) is 3.31. The number of amides is 1. The zero-order chi connectivity index (χ0) is 16.5.